The molecule has 17 heavy (non-hydrogen) atoms. The van der Waals surface area contributed by atoms with Gasteiger partial charge in [-0.2, -0.15) is 0 Å². The standard InChI is InChI=1S/C11H24N2O3S/c1-9-4-5-11(16-9)10(8-12)13(2)6-7-17(3,14)15/h9-11H,4-8,12H2,1-3H3. The minimum Gasteiger partial charge on any atom is -0.374 e. The first kappa shape index (κ1) is 14.9. The van der Waals surface area contributed by atoms with Gasteiger partial charge in [-0.15, -0.1) is 0 Å². The topological polar surface area (TPSA) is 72.6 Å². The SMILES string of the molecule is CC1CCC(C(CN)N(C)CCS(C)(=O)=O)O1. The van der Waals surface area contributed by atoms with Gasteiger partial charge in [0.05, 0.1) is 18.0 Å². The molecule has 0 amide bonds. The lowest BCUT2D eigenvalue weighted by atomic mass is 10.1. The molecule has 0 aromatic carbocycles. The van der Waals surface area contributed by atoms with Crippen molar-refractivity contribution in [3.8, 4) is 0 Å². The van der Waals surface area contributed by atoms with Gasteiger partial charge < -0.3 is 10.5 Å². The number of hydrogen-bond donors (Lipinski definition) is 1. The first-order valence-electron chi connectivity index (χ1n) is 6.07. The fraction of sp³-hybridized carbons (Fsp3) is 1.00. The van der Waals surface area contributed by atoms with Gasteiger partial charge in [0, 0.05) is 25.4 Å². The van der Waals surface area contributed by atoms with Crippen LogP contribution in [0.1, 0.15) is 19.8 Å². The van der Waals surface area contributed by atoms with Crippen molar-refractivity contribution in [2.75, 3.05) is 32.1 Å². The summed E-state index contributed by atoms with van der Waals surface area (Å²) in [6, 6.07) is 0.113. The number of rotatable bonds is 6. The van der Waals surface area contributed by atoms with Gasteiger partial charge in [0.1, 0.15) is 9.84 Å². The molecule has 0 saturated carbocycles. The molecule has 2 N–H and O–H groups in total. The van der Waals surface area contributed by atoms with E-state index in [1.165, 1.54) is 6.26 Å². The lowest BCUT2D eigenvalue weighted by Crippen LogP contribution is -2.47. The predicted molar refractivity (Wildman–Crippen MR) is 68.8 cm³/mol. The van der Waals surface area contributed by atoms with E-state index in [0.717, 1.165) is 12.8 Å². The fourth-order valence-electron chi connectivity index (χ4n) is 2.21. The molecule has 1 saturated heterocycles. The molecule has 0 radical (unpaired) electrons. The van der Waals surface area contributed by atoms with Crippen LogP contribution in [0.5, 0.6) is 0 Å². The van der Waals surface area contributed by atoms with Crippen molar-refractivity contribution in [3.05, 3.63) is 0 Å². The number of ether oxygens (including phenoxy) is 1. The van der Waals surface area contributed by atoms with Gasteiger partial charge >= 0.3 is 0 Å². The highest BCUT2D eigenvalue weighted by atomic mass is 32.2. The van der Waals surface area contributed by atoms with E-state index in [2.05, 4.69) is 6.92 Å². The quantitative estimate of drug-likeness (QED) is 0.723. The van der Waals surface area contributed by atoms with Gasteiger partial charge in [-0.05, 0) is 26.8 Å². The summed E-state index contributed by atoms with van der Waals surface area (Å²) in [6.45, 7) is 3.07. The Morgan fingerprint density at radius 2 is 2.12 bits per heavy atom. The van der Waals surface area contributed by atoms with E-state index in [1.54, 1.807) is 0 Å². The summed E-state index contributed by atoms with van der Waals surface area (Å²) in [6.07, 6.45) is 3.75. The van der Waals surface area contributed by atoms with Gasteiger partial charge in [-0.1, -0.05) is 0 Å². The molecule has 3 atom stereocenters. The largest absolute Gasteiger partial charge is 0.374 e. The predicted octanol–water partition coefficient (Wildman–Crippen LogP) is -0.142. The molecule has 0 aliphatic carbocycles. The number of hydrogen-bond acceptors (Lipinski definition) is 5. The van der Waals surface area contributed by atoms with E-state index in [1.807, 2.05) is 11.9 Å². The molecule has 1 rings (SSSR count). The molecule has 1 heterocycles. The van der Waals surface area contributed by atoms with Gasteiger partial charge in [0.15, 0.2) is 0 Å². The Balaban J connectivity index is 2.49. The summed E-state index contributed by atoms with van der Waals surface area (Å²) in [7, 11) is -1.01. The molecule has 0 aromatic heterocycles. The average molecular weight is 264 g/mol. The van der Waals surface area contributed by atoms with Crippen LogP contribution in [0.4, 0.5) is 0 Å². The Morgan fingerprint density at radius 3 is 2.53 bits per heavy atom. The Bertz CT molecular complexity index is 332. The summed E-state index contributed by atoms with van der Waals surface area (Å²) in [5.74, 6) is 0.169. The molecule has 1 aliphatic heterocycles. The summed E-state index contributed by atoms with van der Waals surface area (Å²) < 4.78 is 28.1. The Labute approximate surface area is 104 Å². The minimum atomic E-state index is -2.92. The van der Waals surface area contributed by atoms with Crippen LogP contribution in [0.25, 0.3) is 0 Å². The van der Waals surface area contributed by atoms with E-state index >= 15 is 0 Å². The second kappa shape index (κ2) is 6.13. The van der Waals surface area contributed by atoms with Crippen LogP contribution in [-0.4, -0.2) is 63.7 Å². The van der Waals surface area contributed by atoms with E-state index in [0.29, 0.717) is 13.1 Å². The molecule has 1 aliphatic rings. The summed E-state index contributed by atoms with van der Waals surface area (Å²) in [4.78, 5) is 2.00. The maximum Gasteiger partial charge on any atom is 0.148 e. The summed E-state index contributed by atoms with van der Waals surface area (Å²) in [5.41, 5.74) is 5.77. The highest BCUT2D eigenvalue weighted by molar-refractivity contribution is 7.90. The van der Waals surface area contributed by atoms with Crippen LogP contribution in [-0.2, 0) is 14.6 Å². The van der Waals surface area contributed by atoms with Crippen molar-refractivity contribution in [2.24, 2.45) is 5.73 Å². The minimum absolute atomic E-state index is 0.113. The number of likely N-dealkylation sites (N-methyl/N-ethyl adjacent to an activating group) is 1. The lowest BCUT2D eigenvalue weighted by molar-refractivity contribution is 0.00431. The van der Waals surface area contributed by atoms with Gasteiger partial charge in [0.25, 0.3) is 0 Å². The molecule has 3 unspecified atom stereocenters. The van der Waals surface area contributed by atoms with Crippen molar-refractivity contribution >= 4 is 9.84 Å². The zero-order valence-corrected chi connectivity index (χ0v) is 11.7. The molecule has 102 valence electrons. The van der Waals surface area contributed by atoms with Crippen LogP contribution in [0, 0.1) is 0 Å². The third-order valence-electron chi connectivity index (χ3n) is 3.32. The molecule has 0 bridgehead atoms. The van der Waals surface area contributed by atoms with Crippen LogP contribution in [0.2, 0.25) is 0 Å². The molecule has 6 heteroatoms. The fourth-order valence-corrected chi connectivity index (χ4v) is 2.83. The first-order chi connectivity index (χ1) is 7.83. The third-order valence-corrected chi connectivity index (χ3v) is 4.24. The van der Waals surface area contributed by atoms with Crippen molar-refractivity contribution in [2.45, 2.75) is 38.0 Å². The summed E-state index contributed by atoms with van der Waals surface area (Å²) >= 11 is 0. The van der Waals surface area contributed by atoms with Crippen molar-refractivity contribution in [3.63, 3.8) is 0 Å². The van der Waals surface area contributed by atoms with Gasteiger partial charge in [0.2, 0.25) is 0 Å². The average Bonchev–Trinajstić information content (AvgIpc) is 2.62. The molecule has 5 nitrogen and oxygen atoms in total. The number of nitrogens with zero attached hydrogens (tertiary/aromatic N) is 1. The maximum atomic E-state index is 11.1. The van der Waals surface area contributed by atoms with Crippen LogP contribution in [0.15, 0.2) is 0 Å². The molecular formula is C11H24N2O3S. The van der Waals surface area contributed by atoms with Crippen LogP contribution < -0.4 is 5.73 Å². The number of sulfone groups is 1. The zero-order chi connectivity index (χ0) is 13.1. The van der Waals surface area contributed by atoms with E-state index in [9.17, 15) is 8.42 Å². The lowest BCUT2D eigenvalue weighted by Gasteiger charge is -2.31. The smallest absolute Gasteiger partial charge is 0.148 e. The molecular weight excluding hydrogens is 240 g/mol. The third kappa shape index (κ3) is 4.91. The second-order valence-electron chi connectivity index (χ2n) is 4.98. The van der Waals surface area contributed by atoms with Crippen molar-refractivity contribution < 1.29 is 13.2 Å². The molecule has 0 spiro atoms. The van der Waals surface area contributed by atoms with E-state index in [-0.39, 0.29) is 24.0 Å². The van der Waals surface area contributed by atoms with E-state index in [4.69, 9.17) is 10.5 Å². The van der Waals surface area contributed by atoms with Crippen LogP contribution >= 0.6 is 0 Å². The molecule has 0 aromatic rings. The second-order valence-corrected chi connectivity index (χ2v) is 7.24. The van der Waals surface area contributed by atoms with Crippen LogP contribution in [0.3, 0.4) is 0 Å². The highest BCUT2D eigenvalue weighted by Gasteiger charge is 2.31. The van der Waals surface area contributed by atoms with Crippen molar-refractivity contribution in [1.82, 2.24) is 4.90 Å². The molecule has 1 fully saturated rings. The Hall–Kier alpha value is -0.170. The highest BCUT2D eigenvalue weighted by Crippen LogP contribution is 2.23. The Morgan fingerprint density at radius 1 is 1.47 bits per heavy atom. The van der Waals surface area contributed by atoms with Gasteiger partial charge in [-0.3, -0.25) is 4.90 Å². The zero-order valence-electron chi connectivity index (χ0n) is 10.9. The first-order valence-corrected chi connectivity index (χ1v) is 8.13. The Kier molecular flexibility index (Phi) is 5.37. The van der Waals surface area contributed by atoms with E-state index < -0.39 is 9.84 Å². The number of nitrogens with two attached hydrogens (primary N) is 1. The summed E-state index contributed by atoms with van der Waals surface area (Å²) in [5, 5.41) is 0. The van der Waals surface area contributed by atoms with Crippen molar-refractivity contribution in [1.29, 1.82) is 0 Å². The maximum absolute atomic E-state index is 11.1. The monoisotopic (exact) mass is 264 g/mol. The van der Waals surface area contributed by atoms with Gasteiger partial charge in [-0.25, -0.2) is 8.42 Å². The normalized spacial score (nSPS) is 27.6.